The second-order valence-electron chi connectivity index (χ2n) is 7.46. The van der Waals surface area contributed by atoms with Gasteiger partial charge in [-0.05, 0) is 35.7 Å². The quantitative estimate of drug-likeness (QED) is 0.794. The maximum Gasteiger partial charge on any atom is 0.254 e. The molecule has 3 atom stereocenters. The molecule has 2 amide bonds. The summed E-state index contributed by atoms with van der Waals surface area (Å²) in [5.74, 6) is -0.206. The maximum absolute atomic E-state index is 13.0. The molecule has 2 aliphatic heterocycles. The van der Waals surface area contributed by atoms with E-state index < -0.39 is 0 Å². The van der Waals surface area contributed by atoms with Crippen molar-refractivity contribution in [2.45, 2.75) is 31.8 Å². The summed E-state index contributed by atoms with van der Waals surface area (Å²) in [5, 5.41) is 2.14. The Hall–Kier alpha value is -2.62. The van der Waals surface area contributed by atoms with Crippen LogP contribution in [0.2, 0.25) is 0 Å². The Labute approximate surface area is 146 Å². The van der Waals surface area contributed by atoms with Gasteiger partial charge in [-0.3, -0.25) is 9.59 Å². The van der Waals surface area contributed by atoms with Crippen LogP contribution >= 0.6 is 0 Å². The molecule has 2 aromatic carbocycles. The molecule has 4 heteroatoms. The lowest BCUT2D eigenvalue weighted by Gasteiger charge is -2.25. The molecule has 0 radical (unpaired) electrons. The van der Waals surface area contributed by atoms with Crippen LogP contribution in [0, 0.1) is 0 Å². The first-order valence-electron chi connectivity index (χ1n) is 8.91. The van der Waals surface area contributed by atoms with Crippen LogP contribution in [-0.4, -0.2) is 46.8 Å². The highest BCUT2D eigenvalue weighted by Gasteiger charge is 2.42. The highest BCUT2D eigenvalue weighted by Crippen LogP contribution is 2.42. The largest absolute Gasteiger partial charge is 0.335 e. The monoisotopic (exact) mass is 332 g/mol. The fraction of sp³-hybridized carbons (Fsp3) is 0.333. The molecule has 0 bridgehead atoms. The molecule has 0 spiro atoms. The van der Waals surface area contributed by atoms with Gasteiger partial charge in [0.2, 0.25) is 5.91 Å². The molecule has 0 aromatic heterocycles. The van der Waals surface area contributed by atoms with E-state index in [0.29, 0.717) is 17.7 Å². The number of benzene rings is 2. The smallest absolute Gasteiger partial charge is 0.254 e. The highest BCUT2D eigenvalue weighted by atomic mass is 16.2. The normalized spacial score (nSPS) is 26.5. The van der Waals surface area contributed by atoms with Crippen molar-refractivity contribution in [2.24, 2.45) is 0 Å². The summed E-state index contributed by atoms with van der Waals surface area (Å²) in [5.41, 5.74) is 2.66. The van der Waals surface area contributed by atoms with E-state index in [1.807, 2.05) is 40.1 Å². The van der Waals surface area contributed by atoms with E-state index >= 15 is 0 Å². The van der Waals surface area contributed by atoms with E-state index in [-0.39, 0.29) is 17.7 Å². The molecule has 5 rings (SSSR count). The van der Waals surface area contributed by atoms with Gasteiger partial charge < -0.3 is 9.80 Å². The maximum atomic E-state index is 13.0. The number of rotatable bonds is 2. The number of nitrogens with zero attached hydrogens (tertiary/aromatic N) is 2. The lowest BCUT2D eigenvalue weighted by atomic mass is 9.81. The average molecular weight is 332 g/mol. The number of amides is 2. The lowest BCUT2D eigenvalue weighted by molar-refractivity contribution is -0.126. The van der Waals surface area contributed by atoms with Crippen molar-refractivity contribution in [1.82, 2.24) is 9.80 Å². The summed E-state index contributed by atoms with van der Waals surface area (Å²) in [6.45, 7) is 5.72. The first-order chi connectivity index (χ1) is 12.1. The van der Waals surface area contributed by atoms with Crippen molar-refractivity contribution in [1.29, 1.82) is 0 Å². The molecule has 126 valence electrons. The van der Waals surface area contributed by atoms with Crippen LogP contribution < -0.4 is 0 Å². The fourth-order valence-corrected chi connectivity index (χ4v) is 3.99. The van der Waals surface area contributed by atoms with Gasteiger partial charge >= 0.3 is 0 Å². The fourth-order valence-electron chi connectivity index (χ4n) is 3.99. The molecule has 0 saturated carbocycles. The first kappa shape index (κ1) is 14.7. The van der Waals surface area contributed by atoms with Crippen molar-refractivity contribution in [2.75, 3.05) is 13.1 Å². The Morgan fingerprint density at radius 2 is 1.60 bits per heavy atom. The number of hydrogen-bond donors (Lipinski definition) is 0. The molecule has 3 unspecified atom stereocenters. The highest BCUT2D eigenvalue weighted by molar-refractivity contribution is 6.25. The van der Waals surface area contributed by atoms with Crippen LogP contribution in [-0.2, 0) is 9.59 Å². The van der Waals surface area contributed by atoms with E-state index in [9.17, 15) is 9.59 Å². The molecule has 3 aliphatic rings. The standard InChI is InChI=1S/C21H20N2O2/c1-12-10-22(12)20(24)17-9-18(21(25)23-11-13(23)2)16-8-4-6-14-5-3-7-15(17)19(14)16/h3-9,12-13,17H,10-11H2,1-2H3. The topological polar surface area (TPSA) is 40.2 Å². The summed E-state index contributed by atoms with van der Waals surface area (Å²) in [7, 11) is 0. The predicted octanol–water partition coefficient (Wildman–Crippen LogP) is 2.78. The minimum Gasteiger partial charge on any atom is -0.335 e. The van der Waals surface area contributed by atoms with Gasteiger partial charge in [-0.1, -0.05) is 42.5 Å². The second-order valence-corrected chi connectivity index (χ2v) is 7.46. The summed E-state index contributed by atoms with van der Waals surface area (Å²) in [6.07, 6.45) is 1.90. The Kier molecular flexibility index (Phi) is 2.91. The lowest BCUT2D eigenvalue weighted by Crippen LogP contribution is -2.25. The van der Waals surface area contributed by atoms with Gasteiger partial charge in [0.25, 0.3) is 5.91 Å². The molecule has 4 nitrogen and oxygen atoms in total. The van der Waals surface area contributed by atoms with Crippen LogP contribution in [0.15, 0.2) is 42.5 Å². The number of hydrogen-bond acceptors (Lipinski definition) is 2. The molecule has 2 aromatic rings. The Morgan fingerprint density at radius 3 is 2.24 bits per heavy atom. The van der Waals surface area contributed by atoms with E-state index in [1.54, 1.807) is 0 Å². The average Bonchev–Trinajstić information content (AvgIpc) is 3.53. The molecule has 25 heavy (non-hydrogen) atoms. The summed E-state index contributed by atoms with van der Waals surface area (Å²) < 4.78 is 0. The molecular weight excluding hydrogens is 312 g/mol. The zero-order chi connectivity index (χ0) is 17.3. The van der Waals surface area contributed by atoms with Crippen molar-refractivity contribution in [3.8, 4) is 0 Å². The van der Waals surface area contributed by atoms with Crippen LogP contribution in [0.5, 0.6) is 0 Å². The SMILES string of the molecule is CC1CN1C(=O)C1=CC(C(=O)N2CC2C)c2cccc3cccc1c23. The van der Waals surface area contributed by atoms with Gasteiger partial charge in [0.15, 0.2) is 0 Å². The minimum absolute atomic E-state index is 0.0474. The molecule has 1 aliphatic carbocycles. The zero-order valence-electron chi connectivity index (χ0n) is 14.4. The molecule has 2 heterocycles. The Balaban J connectivity index is 1.69. The minimum atomic E-state index is -0.363. The second kappa shape index (κ2) is 4.94. The van der Waals surface area contributed by atoms with Crippen molar-refractivity contribution >= 4 is 28.2 Å². The summed E-state index contributed by atoms with van der Waals surface area (Å²) >= 11 is 0. The van der Waals surface area contributed by atoms with Gasteiger partial charge in [0.1, 0.15) is 0 Å². The van der Waals surface area contributed by atoms with E-state index in [2.05, 4.69) is 26.0 Å². The summed E-state index contributed by atoms with van der Waals surface area (Å²) in [6, 6.07) is 12.7. The van der Waals surface area contributed by atoms with Gasteiger partial charge in [0, 0.05) is 30.7 Å². The third-order valence-electron chi connectivity index (χ3n) is 5.65. The third-order valence-corrected chi connectivity index (χ3v) is 5.65. The van der Waals surface area contributed by atoms with Crippen LogP contribution in [0.4, 0.5) is 0 Å². The van der Waals surface area contributed by atoms with E-state index in [1.165, 1.54) is 0 Å². The predicted molar refractivity (Wildman–Crippen MR) is 97.0 cm³/mol. The molecule has 0 N–H and O–H groups in total. The van der Waals surface area contributed by atoms with Gasteiger partial charge in [-0.15, -0.1) is 0 Å². The Bertz CT molecular complexity index is 956. The number of carbonyl (C=O) groups excluding carboxylic acids is 2. The van der Waals surface area contributed by atoms with Crippen LogP contribution in [0.25, 0.3) is 16.3 Å². The zero-order valence-corrected chi connectivity index (χ0v) is 14.4. The van der Waals surface area contributed by atoms with Gasteiger partial charge in [0.05, 0.1) is 5.92 Å². The third kappa shape index (κ3) is 2.13. The van der Waals surface area contributed by atoms with Crippen molar-refractivity contribution in [3.05, 3.63) is 53.6 Å². The van der Waals surface area contributed by atoms with Crippen LogP contribution in [0.1, 0.15) is 30.9 Å². The Morgan fingerprint density at radius 1 is 0.960 bits per heavy atom. The summed E-state index contributed by atoms with van der Waals surface area (Å²) in [4.78, 5) is 29.7. The molecule has 2 saturated heterocycles. The van der Waals surface area contributed by atoms with E-state index in [0.717, 1.165) is 35.0 Å². The van der Waals surface area contributed by atoms with Crippen LogP contribution in [0.3, 0.4) is 0 Å². The first-order valence-corrected chi connectivity index (χ1v) is 8.91. The van der Waals surface area contributed by atoms with Crippen molar-refractivity contribution in [3.63, 3.8) is 0 Å². The molecule has 2 fully saturated rings. The van der Waals surface area contributed by atoms with E-state index in [4.69, 9.17) is 0 Å². The van der Waals surface area contributed by atoms with Gasteiger partial charge in [-0.25, -0.2) is 0 Å². The number of carbonyl (C=O) groups is 2. The van der Waals surface area contributed by atoms with Gasteiger partial charge in [-0.2, -0.15) is 0 Å². The van der Waals surface area contributed by atoms with Crippen molar-refractivity contribution < 1.29 is 9.59 Å². The molecular formula is C21H20N2O2.